The van der Waals surface area contributed by atoms with Crippen LogP contribution in [-0.4, -0.2) is 49.5 Å². The number of nitrogens with zero attached hydrogens (tertiary/aromatic N) is 2. The minimum atomic E-state index is -1.52. The molecule has 0 aliphatic carbocycles. The van der Waals surface area contributed by atoms with Gasteiger partial charge < -0.3 is 18.6 Å². The van der Waals surface area contributed by atoms with Crippen LogP contribution in [0.25, 0.3) is 0 Å². The highest BCUT2D eigenvalue weighted by Crippen LogP contribution is 2.28. The fraction of sp³-hybridized carbons (Fsp3) is 0.308. The predicted molar refractivity (Wildman–Crippen MR) is 132 cm³/mol. The number of benzene rings is 3. The molecule has 3 aromatic carbocycles. The third-order valence-corrected chi connectivity index (χ3v) is 6.81. The van der Waals surface area contributed by atoms with Crippen LogP contribution in [0.15, 0.2) is 71.6 Å². The minimum absolute atomic E-state index is 0.602. The Bertz CT molecular complexity index is 1080. The van der Waals surface area contributed by atoms with Crippen molar-refractivity contribution in [1.82, 2.24) is 4.90 Å². The lowest BCUT2D eigenvalue weighted by Crippen LogP contribution is -2.45. The van der Waals surface area contributed by atoms with Gasteiger partial charge in [0.15, 0.2) is 11.5 Å². The van der Waals surface area contributed by atoms with E-state index in [0.717, 1.165) is 55.5 Å². The van der Waals surface area contributed by atoms with Crippen LogP contribution in [0.3, 0.4) is 0 Å². The summed E-state index contributed by atoms with van der Waals surface area (Å²) < 4.78 is 28.8. The van der Waals surface area contributed by atoms with Gasteiger partial charge in [0.25, 0.3) is 0 Å². The van der Waals surface area contributed by atoms with E-state index in [-0.39, 0.29) is 0 Å². The summed E-state index contributed by atoms with van der Waals surface area (Å²) in [4.78, 5) is 5.47. The smallest absolute Gasteiger partial charge is 0.240 e. The molecule has 0 N–H and O–H groups in total. The lowest BCUT2D eigenvalue weighted by atomic mass is 10.1. The van der Waals surface area contributed by atoms with Crippen molar-refractivity contribution in [2.45, 2.75) is 18.4 Å². The van der Waals surface area contributed by atoms with Crippen molar-refractivity contribution >= 4 is 16.8 Å². The molecule has 6 nitrogen and oxygen atoms in total. The molecule has 1 fully saturated rings. The van der Waals surface area contributed by atoms with E-state index in [1.165, 1.54) is 5.56 Å². The largest absolute Gasteiger partial charge is 0.493 e. The van der Waals surface area contributed by atoms with Crippen LogP contribution in [-0.2, 0) is 17.6 Å². The average molecular weight is 467 g/mol. The fourth-order valence-corrected chi connectivity index (χ4v) is 4.64. The van der Waals surface area contributed by atoms with Gasteiger partial charge in [0.1, 0.15) is 5.75 Å². The van der Waals surface area contributed by atoms with Crippen molar-refractivity contribution in [3.8, 4) is 17.2 Å². The summed E-state index contributed by atoms with van der Waals surface area (Å²) in [6, 6.07) is 21.5. The first kappa shape index (κ1) is 23.1. The van der Waals surface area contributed by atoms with Crippen molar-refractivity contribution < 1.29 is 17.9 Å². The molecule has 1 aliphatic heterocycles. The van der Waals surface area contributed by atoms with Gasteiger partial charge in [0, 0.05) is 38.4 Å². The van der Waals surface area contributed by atoms with Gasteiger partial charge in [-0.15, -0.1) is 0 Å². The summed E-state index contributed by atoms with van der Waals surface area (Å²) in [6.07, 6.45) is 0. The van der Waals surface area contributed by atoms with E-state index in [9.17, 15) is 4.21 Å². The highest BCUT2D eigenvalue weighted by molar-refractivity contribution is 7.80. The van der Waals surface area contributed by atoms with E-state index >= 15 is 0 Å². The van der Waals surface area contributed by atoms with Crippen LogP contribution >= 0.6 is 0 Å². The van der Waals surface area contributed by atoms with E-state index in [1.54, 1.807) is 14.2 Å². The summed E-state index contributed by atoms with van der Waals surface area (Å²) in [5, 5.41) is 0. The molecule has 3 aromatic rings. The Kier molecular flexibility index (Phi) is 7.52. The van der Waals surface area contributed by atoms with Gasteiger partial charge in [-0.05, 0) is 61.0 Å². The van der Waals surface area contributed by atoms with Crippen molar-refractivity contribution in [3.05, 3.63) is 77.9 Å². The average Bonchev–Trinajstić information content (AvgIpc) is 2.85. The molecule has 33 heavy (non-hydrogen) atoms. The normalized spacial score (nSPS) is 15.2. The van der Waals surface area contributed by atoms with Crippen molar-refractivity contribution in [2.24, 2.45) is 0 Å². The van der Waals surface area contributed by atoms with Gasteiger partial charge in [-0.3, -0.25) is 4.90 Å². The number of hydrogen-bond acceptors (Lipinski definition) is 6. The topological polar surface area (TPSA) is 51.2 Å². The van der Waals surface area contributed by atoms with E-state index in [0.29, 0.717) is 10.6 Å². The number of hydrogen-bond donors (Lipinski definition) is 0. The summed E-state index contributed by atoms with van der Waals surface area (Å²) in [6.45, 7) is 6.73. The summed E-state index contributed by atoms with van der Waals surface area (Å²) in [5.74, 6) is 2.12. The first-order valence-corrected chi connectivity index (χ1v) is 12.1. The molecule has 4 rings (SSSR count). The monoisotopic (exact) mass is 466 g/mol. The Morgan fingerprint density at radius 3 is 2.12 bits per heavy atom. The molecule has 1 unspecified atom stereocenters. The molecule has 0 bridgehead atoms. The molecular weight excluding hydrogens is 436 g/mol. The van der Waals surface area contributed by atoms with E-state index in [1.807, 2.05) is 67.6 Å². The van der Waals surface area contributed by atoms with Gasteiger partial charge in [-0.2, -0.15) is 0 Å². The third kappa shape index (κ3) is 5.86. The van der Waals surface area contributed by atoms with Gasteiger partial charge in [0.2, 0.25) is 11.1 Å². The zero-order chi connectivity index (χ0) is 23.2. The lowest BCUT2D eigenvalue weighted by Gasteiger charge is -2.36. The number of anilines is 1. The van der Waals surface area contributed by atoms with Crippen molar-refractivity contribution in [1.29, 1.82) is 0 Å². The van der Waals surface area contributed by atoms with Crippen LogP contribution < -0.4 is 18.6 Å². The molecule has 0 saturated carbocycles. The predicted octanol–water partition coefficient (Wildman–Crippen LogP) is 4.44. The maximum absolute atomic E-state index is 12.4. The standard InChI is InChI=1S/C26H30N2O4S/c1-20-4-11-24(12-5-20)33(29)32-23-9-7-22(8-10-23)28-16-14-27(15-17-28)19-21-6-13-25(30-2)26(18-21)31-3/h4-13,18H,14-17,19H2,1-3H3. The number of rotatable bonds is 8. The first-order valence-electron chi connectivity index (χ1n) is 11.0. The SMILES string of the molecule is COc1ccc(CN2CCN(c3ccc(OS(=O)c4ccc(C)cc4)cc3)CC2)cc1OC. The molecule has 174 valence electrons. The van der Waals surface area contributed by atoms with Crippen molar-refractivity contribution in [2.75, 3.05) is 45.3 Å². The Morgan fingerprint density at radius 1 is 0.818 bits per heavy atom. The summed E-state index contributed by atoms with van der Waals surface area (Å²) >= 11 is -1.52. The molecular formula is C26H30N2O4S. The molecule has 0 spiro atoms. The zero-order valence-corrected chi connectivity index (χ0v) is 20.1. The molecule has 0 amide bonds. The number of methoxy groups -OCH3 is 2. The maximum atomic E-state index is 12.4. The molecule has 1 saturated heterocycles. The van der Waals surface area contributed by atoms with E-state index < -0.39 is 11.1 Å². The van der Waals surface area contributed by atoms with Crippen LogP contribution in [0.1, 0.15) is 11.1 Å². The Balaban J connectivity index is 1.30. The third-order valence-electron chi connectivity index (χ3n) is 5.81. The van der Waals surface area contributed by atoms with Crippen LogP contribution in [0.2, 0.25) is 0 Å². The molecule has 1 heterocycles. The van der Waals surface area contributed by atoms with Gasteiger partial charge >= 0.3 is 0 Å². The molecule has 1 atom stereocenters. The second kappa shape index (κ2) is 10.7. The van der Waals surface area contributed by atoms with Crippen LogP contribution in [0.5, 0.6) is 17.2 Å². The van der Waals surface area contributed by atoms with Gasteiger partial charge in [-0.1, -0.05) is 23.8 Å². The minimum Gasteiger partial charge on any atom is -0.493 e. The number of piperazine rings is 1. The Morgan fingerprint density at radius 2 is 1.48 bits per heavy atom. The highest BCUT2D eigenvalue weighted by atomic mass is 32.2. The van der Waals surface area contributed by atoms with E-state index in [4.69, 9.17) is 13.7 Å². The second-order valence-electron chi connectivity index (χ2n) is 8.08. The molecule has 7 heteroatoms. The first-order chi connectivity index (χ1) is 16.1. The van der Waals surface area contributed by atoms with E-state index in [2.05, 4.69) is 15.9 Å². The molecule has 0 radical (unpaired) electrons. The van der Waals surface area contributed by atoms with Crippen molar-refractivity contribution in [3.63, 3.8) is 0 Å². The lowest BCUT2D eigenvalue weighted by molar-refractivity contribution is 0.249. The van der Waals surface area contributed by atoms with Crippen LogP contribution in [0, 0.1) is 6.92 Å². The Labute approximate surface area is 198 Å². The Hall–Kier alpha value is -3.03. The zero-order valence-electron chi connectivity index (χ0n) is 19.3. The van der Waals surface area contributed by atoms with Gasteiger partial charge in [0.05, 0.1) is 19.1 Å². The second-order valence-corrected chi connectivity index (χ2v) is 9.19. The fourth-order valence-electron chi connectivity index (χ4n) is 3.90. The number of aryl methyl sites for hydroxylation is 1. The van der Waals surface area contributed by atoms with Gasteiger partial charge in [-0.25, -0.2) is 4.21 Å². The van der Waals surface area contributed by atoms with Crippen LogP contribution in [0.4, 0.5) is 5.69 Å². The quantitative estimate of drug-likeness (QED) is 0.489. The number of ether oxygens (including phenoxy) is 2. The molecule has 0 aromatic heterocycles. The maximum Gasteiger partial charge on any atom is 0.240 e. The highest BCUT2D eigenvalue weighted by Gasteiger charge is 2.18. The molecule has 1 aliphatic rings. The summed E-state index contributed by atoms with van der Waals surface area (Å²) in [7, 11) is 3.32. The summed E-state index contributed by atoms with van der Waals surface area (Å²) in [5.41, 5.74) is 3.49.